The number of hydrogen-bond donors (Lipinski definition) is 0. The summed E-state index contributed by atoms with van der Waals surface area (Å²) in [6.07, 6.45) is 6.05. The molecule has 6 nitrogen and oxygen atoms in total. The Morgan fingerprint density at radius 3 is 2.47 bits per heavy atom. The predicted molar refractivity (Wildman–Crippen MR) is 116 cm³/mol. The highest BCUT2D eigenvalue weighted by Crippen LogP contribution is 2.29. The Hall–Kier alpha value is -1.92. The molecule has 1 unspecified atom stereocenters. The highest BCUT2D eigenvalue weighted by atomic mass is 16.5. The van der Waals surface area contributed by atoms with E-state index in [1.54, 1.807) is 0 Å². The number of likely N-dealkylation sites (tertiary alicyclic amines) is 1. The van der Waals surface area contributed by atoms with Crippen molar-refractivity contribution in [3.8, 4) is 0 Å². The van der Waals surface area contributed by atoms with Crippen LogP contribution in [0.1, 0.15) is 37.7 Å². The lowest BCUT2D eigenvalue weighted by molar-refractivity contribution is -0.132. The fraction of sp³-hybridized carbons (Fsp3) is 0.667. The Balaban J connectivity index is 1.31. The molecule has 3 aliphatic rings. The fourth-order valence-corrected chi connectivity index (χ4v) is 4.42. The number of nitrogens with zero attached hydrogens (tertiary/aromatic N) is 3. The first kappa shape index (κ1) is 21.3. The first-order valence-corrected chi connectivity index (χ1v) is 11.6. The van der Waals surface area contributed by atoms with Crippen LogP contribution in [0.25, 0.3) is 0 Å². The smallest absolute Gasteiger partial charge is 0.236 e. The van der Waals surface area contributed by atoms with E-state index >= 15 is 0 Å². The molecule has 2 heterocycles. The van der Waals surface area contributed by atoms with Crippen LogP contribution in [0.4, 0.5) is 0 Å². The molecule has 1 atom stereocenters. The van der Waals surface area contributed by atoms with Crippen molar-refractivity contribution in [1.82, 2.24) is 14.7 Å². The number of carbonyl (C=O) groups excluding carboxylic acids is 2. The second-order valence-electron chi connectivity index (χ2n) is 9.05. The summed E-state index contributed by atoms with van der Waals surface area (Å²) >= 11 is 0. The van der Waals surface area contributed by atoms with E-state index in [4.69, 9.17) is 4.74 Å². The number of amides is 2. The lowest BCUT2D eigenvalue weighted by Gasteiger charge is -2.25. The first-order valence-electron chi connectivity index (χ1n) is 11.6. The summed E-state index contributed by atoms with van der Waals surface area (Å²) in [7, 11) is 0. The third-order valence-corrected chi connectivity index (χ3v) is 6.45. The summed E-state index contributed by atoms with van der Waals surface area (Å²) in [5, 5.41) is 0. The molecular weight excluding hydrogens is 378 g/mol. The molecule has 164 valence electrons. The summed E-state index contributed by atoms with van der Waals surface area (Å²) in [6.45, 7) is 5.96. The van der Waals surface area contributed by atoms with Gasteiger partial charge in [0, 0.05) is 52.3 Å². The van der Waals surface area contributed by atoms with Crippen LogP contribution in [0.5, 0.6) is 0 Å². The van der Waals surface area contributed by atoms with Gasteiger partial charge in [0.15, 0.2) is 0 Å². The number of rotatable bonds is 10. The van der Waals surface area contributed by atoms with Gasteiger partial charge in [0.05, 0.1) is 12.6 Å². The molecule has 3 fully saturated rings. The maximum atomic E-state index is 13.0. The number of ether oxygens (including phenoxy) is 1. The Labute approximate surface area is 180 Å². The van der Waals surface area contributed by atoms with Gasteiger partial charge >= 0.3 is 0 Å². The minimum absolute atomic E-state index is 0.0706. The molecule has 0 radical (unpaired) electrons. The Morgan fingerprint density at radius 1 is 0.933 bits per heavy atom. The van der Waals surface area contributed by atoms with Crippen LogP contribution in [0, 0.1) is 5.92 Å². The van der Waals surface area contributed by atoms with E-state index in [-0.39, 0.29) is 17.9 Å². The molecule has 1 aromatic rings. The van der Waals surface area contributed by atoms with Gasteiger partial charge in [-0.2, -0.15) is 0 Å². The van der Waals surface area contributed by atoms with Gasteiger partial charge in [-0.05, 0) is 43.6 Å². The molecular formula is C24H35N3O3. The third-order valence-electron chi connectivity index (χ3n) is 6.45. The first-order chi connectivity index (χ1) is 14.7. The molecule has 0 spiro atoms. The van der Waals surface area contributed by atoms with Gasteiger partial charge in [-0.15, -0.1) is 0 Å². The molecule has 6 heteroatoms. The molecule has 0 aromatic heterocycles. The molecule has 1 aliphatic carbocycles. The highest BCUT2D eigenvalue weighted by Gasteiger charge is 2.30. The molecule has 2 aliphatic heterocycles. The van der Waals surface area contributed by atoms with E-state index in [9.17, 15) is 9.59 Å². The van der Waals surface area contributed by atoms with E-state index in [1.165, 1.54) is 18.4 Å². The van der Waals surface area contributed by atoms with Crippen LogP contribution in [-0.2, 0) is 20.7 Å². The van der Waals surface area contributed by atoms with E-state index in [0.29, 0.717) is 26.1 Å². The molecule has 1 aromatic carbocycles. The average molecular weight is 414 g/mol. The topological polar surface area (TPSA) is 53.1 Å². The summed E-state index contributed by atoms with van der Waals surface area (Å²) in [6, 6.07) is 10.5. The molecule has 4 rings (SSSR count). The second kappa shape index (κ2) is 10.4. The largest absolute Gasteiger partial charge is 0.375 e. The Kier molecular flexibility index (Phi) is 7.39. The lowest BCUT2D eigenvalue weighted by Crippen LogP contribution is -2.40. The summed E-state index contributed by atoms with van der Waals surface area (Å²) in [5.74, 6) is 1.17. The standard InChI is InChI=1S/C24H35N3O3/c28-23-8-4-12-26(23)13-5-14-27-17-22(30-19-21-9-10-21)16-25(18-24(27)29)15-11-20-6-2-1-3-7-20/h1-3,6-7,21-22H,4-5,8-19H2. The normalized spacial score (nSPS) is 23.3. The van der Waals surface area contributed by atoms with Crippen LogP contribution < -0.4 is 0 Å². The van der Waals surface area contributed by atoms with E-state index in [2.05, 4.69) is 29.2 Å². The number of carbonyl (C=O) groups is 2. The number of hydrogen-bond acceptors (Lipinski definition) is 4. The minimum atomic E-state index is 0.0706. The van der Waals surface area contributed by atoms with E-state index < -0.39 is 0 Å². The van der Waals surface area contributed by atoms with Crippen molar-refractivity contribution in [2.24, 2.45) is 5.92 Å². The van der Waals surface area contributed by atoms with Crippen molar-refractivity contribution in [3.63, 3.8) is 0 Å². The van der Waals surface area contributed by atoms with Crippen LogP contribution in [0.3, 0.4) is 0 Å². The van der Waals surface area contributed by atoms with Gasteiger partial charge in [-0.1, -0.05) is 30.3 Å². The van der Waals surface area contributed by atoms with E-state index in [0.717, 1.165) is 58.0 Å². The second-order valence-corrected chi connectivity index (χ2v) is 9.05. The van der Waals surface area contributed by atoms with Gasteiger partial charge in [0.25, 0.3) is 0 Å². The zero-order valence-corrected chi connectivity index (χ0v) is 18.0. The van der Waals surface area contributed by atoms with Crippen LogP contribution >= 0.6 is 0 Å². The van der Waals surface area contributed by atoms with Gasteiger partial charge in [0.1, 0.15) is 0 Å². The average Bonchev–Trinajstić information content (AvgIpc) is 3.52. The Morgan fingerprint density at radius 2 is 1.73 bits per heavy atom. The number of benzene rings is 1. The van der Waals surface area contributed by atoms with E-state index in [1.807, 2.05) is 15.9 Å². The molecule has 0 bridgehead atoms. The fourth-order valence-electron chi connectivity index (χ4n) is 4.42. The van der Waals surface area contributed by atoms with Crippen molar-refractivity contribution in [1.29, 1.82) is 0 Å². The highest BCUT2D eigenvalue weighted by molar-refractivity contribution is 5.79. The quantitative estimate of drug-likeness (QED) is 0.590. The summed E-state index contributed by atoms with van der Waals surface area (Å²) in [4.78, 5) is 31.0. The molecule has 0 N–H and O–H groups in total. The van der Waals surface area contributed by atoms with Gasteiger partial charge < -0.3 is 14.5 Å². The van der Waals surface area contributed by atoms with Crippen molar-refractivity contribution in [2.45, 2.75) is 44.6 Å². The van der Waals surface area contributed by atoms with Crippen molar-refractivity contribution in [2.75, 3.05) is 52.4 Å². The zero-order chi connectivity index (χ0) is 20.8. The van der Waals surface area contributed by atoms with Gasteiger partial charge in [-0.3, -0.25) is 14.5 Å². The maximum absolute atomic E-state index is 13.0. The van der Waals surface area contributed by atoms with Gasteiger partial charge in [0.2, 0.25) is 11.8 Å². The molecule has 2 amide bonds. The van der Waals surface area contributed by atoms with Crippen LogP contribution in [0.15, 0.2) is 30.3 Å². The Bertz CT molecular complexity index is 707. The maximum Gasteiger partial charge on any atom is 0.236 e. The molecule has 1 saturated carbocycles. The van der Waals surface area contributed by atoms with Crippen molar-refractivity contribution >= 4 is 11.8 Å². The monoisotopic (exact) mass is 413 g/mol. The van der Waals surface area contributed by atoms with Gasteiger partial charge in [-0.25, -0.2) is 0 Å². The molecule has 30 heavy (non-hydrogen) atoms. The summed E-state index contributed by atoms with van der Waals surface area (Å²) < 4.78 is 6.24. The van der Waals surface area contributed by atoms with Crippen LogP contribution in [0.2, 0.25) is 0 Å². The lowest BCUT2D eigenvalue weighted by atomic mass is 10.1. The molecule has 2 saturated heterocycles. The predicted octanol–water partition coefficient (Wildman–Crippen LogP) is 2.18. The SMILES string of the molecule is O=C1CCCN1CCCN1CC(OCC2CC2)CN(CCc2ccccc2)CC1=O. The zero-order valence-electron chi connectivity index (χ0n) is 18.0. The third kappa shape index (κ3) is 6.29. The van der Waals surface area contributed by atoms with Crippen molar-refractivity contribution < 1.29 is 14.3 Å². The summed E-state index contributed by atoms with van der Waals surface area (Å²) in [5.41, 5.74) is 1.30. The minimum Gasteiger partial charge on any atom is -0.375 e. The van der Waals surface area contributed by atoms with Crippen LogP contribution in [-0.4, -0.2) is 85.0 Å². The van der Waals surface area contributed by atoms with Crippen molar-refractivity contribution in [3.05, 3.63) is 35.9 Å².